The second-order valence-electron chi connectivity index (χ2n) is 15.0. The number of sulfone groups is 1. The van der Waals surface area contributed by atoms with E-state index in [0.717, 1.165) is 59.7 Å². The van der Waals surface area contributed by atoms with Crippen LogP contribution >= 0.6 is 0 Å². The highest BCUT2D eigenvalue weighted by Crippen LogP contribution is 2.46. The molecule has 0 unspecified atom stereocenters. The number of benzene rings is 1. The summed E-state index contributed by atoms with van der Waals surface area (Å²) >= 11 is 0. The minimum atomic E-state index is -3.16. The van der Waals surface area contributed by atoms with Gasteiger partial charge in [-0.05, 0) is 85.7 Å². The van der Waals surface area contributed by atoms with Crippen molar-refractivity contribution >= 4 is 49.8 Å². The molecule has 4 saturated heterocycles. The number of pyridine rings is 1. The Morgan fingerprint density at radius 2 is 1.84 bits per heavy atom. The lowest BCUT2D eigenvalue weighted by Crippen LogP contribution is -2.56. The number of anilines is 4. The summed E-state index contributed by atoms with van der Waals surface area (Å²) in [6.07, 6.45) is 8.13. The van der Waals surface area contributed by atoms with Crippen molar-refractivity contribution in [3.8, 4) is 0 Å². The molecule has 5 atom stereocenters. The number of halogens is 1. The number of ether oxygens (including phenoxy) is 1. The van der Waals surface area contributed by atoms with Crippen LogP contribution in [0.2, 0.25) is 0 Å². The zero-order valence-corrected chi connectivity index (χ0v) is 30.9. The van der Waals surface area contributed by atoms with Crippen molar-refractivity contribution in [2.75, 3.05) is 55.0 Å². The van der Waals surface area contributed by atoms with Gasteiger partial charge in [-0.2, -0.15) is 4.98 Å². The summed E-state index contributed by atoms with van der Waals surface area (Å²) in [5, 5.41) is 4.80. The van der Waals surface area contributed by atoms with Crippen LogP contribution in [0.5, 0.6) is 0 Å². The number of carbonyl (C=O) groups excluding carboxylic acids is 1. The minimum absolute atomic E-state index is 0.0725. The van der Waals surface area contributed by atoms with Crippen molar-refractivity contribution in [2.45, 2.75) is 94.0 Å². The second-order valence-corrected chi connectivity index (χ2v) is 17.6. The van der Waals surface area contributed by atoms with Crippen LogP contribution in [-0.2, 0) is 19.4 Å². The molecule has 2 aromatic heterocycles. The molecule has 0 saturated carbocycles. The van der Waals surface area contributed by atoms with E-state index in [4.69, 9.17) is 14.7 Å². The van der Waals surface area contributed by atoms with Gasteiger partial charge < -0.3 is 24.8 Å². The quantitative estimate of drug-likeness (QED) is 0.260. The molecule has 0 radical (unpaired) electrons. The number of hydrogen-bond acceptors (Lipinski definition) is 10. The molecule has 4 aliphatic rings. The molecule has 6 heterocycles. The van der Waals surface area contributed by atoms with Gasteiger partial charge in [0.05, 0.1) is 29.2 Å². The molecule has 51 heavy (non-hydrogen) atoms. The molecule has 7 rings (SSSR count). The van der Waals surface area contributed by atoms with Crippen LogP contribution in [0.15, 0.2) is 43.2 Å². The first-order chi connectivity index (χ1) is 24.5. The number of aromatic nitrogens is 3. The van der Waals surface area contributed by atoms with Gasteiger partial charge in [0.2, 0.25) is 11.9 Å². The van der Waals surface area contributed by atoms with E-state index in [1.807, 2.05) is 22.9 Å². The van der Waals surface area contributed by atoms with Gasteiger partial charge in [-0.15, -0.1) is 0 Å². The molecule has 1 amide bonds. The number of nitrogens with zero attached hydrogens (tertiary/aromatic N) is 6. The van der Waals surface area contributed by atoms with Gasteiger partial charge in [-0.3, -0.25) is 4.79 Å². The van der Waals surface area contributed by atoms with Crippen molar-refractivity contribution in [1.82, 2.24) is 19.9 Å². The molecule has 3 aromatic rings. The van der Waals surface area contributed by atoms with E-state index in [-0.39, 0.29) is 40.8 Å². The van der Waals surface area contributed by atoms with E-state index in [0.29, 0.717) is 50.2 Å². The number of fused-ring (bicyclic) bond motifs is 1. The van der Waals surface area contributed by atoms with E-state index >= 15 is 0 Å². The van der Waals surface area contributed by atoms with Gasteiger partial charge in [-0.1, -0.05) is 26.8 Å². The van der Waals surface area contributed by atoms with E-state index in [1.54, 1.807) is 12.3 Å². The SMILES string of the molecule is C=CC(=O)N1CCC[C@@H]1c1cc(N2CC([C@H]3CCC[C@H](C)S3(=O)=O)C2)c2cnc(Nc3ccnc(N4CC[C@@H](OC)[C@@H](F)C4)n3)cc2c1C(C)C. The standard InChI is InChI=1S/C38H50FN7O4S/c1-6-36(47)46-15-8-10-30(46)27-17-31(45-20-25(21-45)33-11-7-9-24(4)51(33,48)49)28-19-41-35(18-26(28)37(27)23(2)3)42-34-12-14-40-38(43-34)44-16-13-32(50-5)29(39)22-44/h6,12,14,17-19,23-25,29-30,32-33H,1,7-11,13,15-16,20-22H2,2-5H3,(H,40,41,42,43)/t24-,29-,30+,32+,33+/m0/s1. The number of carbonyl (C=O) groups is 1. The largest absolute Gasteiger partial charge is 0.378 e. The molecular formula is C38H50FN7O4S. The fraction of sp³-hybridized carbons (Fsp3) is 0.579. The maximum Gasteiger partial charge on any atom is 0.246 e. The molecule has 274 valence electrons. The summed E-state index contributed by atoms with van der Waals surface area (Å²) in [5.41, 5.74) is 3.29. The Balaban J connectivity index is 1.25. The third kappa shape index (κ3) is 6.67. The number of alkyl halides is 1. The Bertz CT molecular complexity index is 1900. The molecule has 0 bridgehead atoms. The number of piperidine rings is 1. The summed E-state index contributed by atoms with van der Waals surface area (Å²) in [5.74, 6) is 1.75. The molecule has 11 nitrogen and oxygen atoms in total. The van der Waals surface area contributed by atoms with Crippen LogP contribution < -0.4 is 15.1 Å². The van der Waals surface area contributed by atoms with Crippen LogP contribution in [0.3, 0.4) is 0 Å². The lowest BCUT2D eigenvalue weighted by Gasteiger charge is -2.47. The van der Waals surface area contributed by atoms with E-state index < -0.39 is 22.1 Å². The number of likely N-dealkylation sites (tertiary alicyclic amines) is 1. The van der Waals surface area contributed by atoms with Crippen molar-refractivity contribution < 1.29 is 22.3 Å². The van der Waals surface area contributed by atoms with Gasteiger partial charge in [0.1, 0.15) is 17.8 Å². The molecule has 4 fully saturated rings. The average Bonchev–Trinajstić information content (AvgIpc) is 3.59. The number of rotatable bonds is 9. The Labute approximate surface area is 300 Å². The van der Waals surface area contributed by atoms with Gasteiger partial charge in [0.15, 0.2) is 9.84 Å². The highest BCUT2D eigenvalue weighted by molar-refractivity contribution is 7.92. The summed E-state index contributed by atoms with van der Waals surface area (Å²) in [7, 11) is -1.62. The van der Waals surface area contributed by atoms with Crippen LogP contribution in [0.4, 0.5) is 27.7 Å². The van der Waals surface area contributed by atoms with E-state index in [9.17, 15) is 17.6 Å². The van der Waals surface area contributed by atoms with Crippen molar-refractivity contribution in [2.24, 2.45) is 5.92 Å². The van der Waals surface area contributed by atoms with E-state index in [2.05, 4.69) is 47.8 Å². The molecule has 1 aromatic carbocycles. The third-order valence-electron chi connectivity index (χ3n) is 11.5. The number of amides is 1. The fourth-order valence-electron chi connectivity index (χ4n) is 8.78. The molecule has 0 aliphatic carbocycles. The van der Waals surface area contributed by atoms with Crippen LogP contribution in [-0.4, -0.2) is 96.8 Å². The molecule has 13 heteroatoms. The number of hydrogen-bond donors (Lipinski definition) is 1. The molecular weight excluding hydrogens is 670 g/mol. The summed E-state index contributed by atoms with van der Waals surface area (Å²) < 4.78 is 46.6. The van der Waals surface area contributed by atoms with Crippen LogP contribution in [0, 0.1) is 5.92 Å². The van der Waals surface area contributed by atoms with Crippen molar-refractivity contribution in [1.29, 1.82) is 0 Å². The Morgan fingerprint density at radius 3 is 2.57 bits per heavy atom. The topological polar surface area (TPSA) is 121 Å². The van der Waals surface area contributed by atoms with Gasteiger partial charge in [0, 0.05) is 62.7 Å². The highest BCUT2D eigenvalue weighted by Gasteiger charge is 2.45. The van der Waals surface area contributed by atoms with Gasteiger partial charge >= 0.3 is 0 Å². The third-order valence-corrected chi connectivity index (χ3v) is 14.4. The summed E-state index contributed by atoms with van der Waals surface area (Å²) in [6.45, 7) is 12.7. The smallest absolute Gasteiger partial charge is 0.246 e. The van der Waals surface area contributed by atoms with Crippen molar-refractivity contribution in [3.63, 3.8) is 0 Å². The fourth-order valence-corrected chi connectivity index (χ4v) is 11.1. The second kappa shape index (κ2) is 14.3. The van der Waals surface area contributed by atoms with Crippen LogP contribution in [0.1, 0.15) is 82.4 Å². The normalized spacial score (nSPS) is 26.8. The van der Waals surface area contributed by atoms with Crippen LogP contribution in [0.25, 0.3) is 10.8 Å². The average molecular weight is 720 g/mol. The van der Waals surface area contributed by atoms with Gasteiger partial charge in [-0.25, -0.2) is 22.8 Å². The predicted octanol–water partition coefficient (Wildman–Crippen LogP) is 6.10. The molecule has 4 aliphatic heterocycles. The number of nitrogens with one attached hydrogen (secondary N) is 1. The Kier molecular flexibility index (Phi) is 9.96. The first-order valence-corrected chi connectivity index (χ1v) is 20.0. The van der Waals surface area contributed by atoms with E-state index in [1.165, 1.54) is 13.2 Å². The Morgan fingerprint density at radius 1 is 1.04 bits per heavy atom. The maximum absolute atomic E-state index is 14.7. The summed E-state index contributed by atoms with van der Waals surface area (Å²) in [6, 6.07) is 5.97. The Hall–Kier alpha value is -3.84. The first kappa shape index (κ1) is 35.6. The van der Waals surface area contributed by atoms with Crippen molar-refractivity contribution in [3.05, 3.63) is 54.4 Å². The monoisotopic (exact) mass is 719 g/mol. The minimum Gasteiger partial charge on any atom is -0.378 e. The highest BCUT2D eigenvalue weighted by atomic mass is 32.2. The zero-order chi connectivity index (χ0) is 36.0. The molecule has 1 N–H and O–H groups in total. The first-order valence-electron chi connectivity index (χ1n) is 18.4. The zero-order valence-electron chi connectivity index (χ0n) is 30.1. The number of methoxy groups -OCH3 is 1. The molecule has 0 spiro atoms. The maximum atomic E-state index is 14.7. The predicted molar refractivity (Wildman–Crippen MR) is 199 cm³/mol. The van der Waals surface area contributed by atoms with Gasteiger partial charge in [0.25, 0.3) is 0 Å². The lowest BCUT2D eigenvalue weighted by atomic mass is 9.85. The summed E-state index contributed by atoms with van der Waals surface area (Å²) in [4.78, 5) is 33.1. The lowest BCUT2D eigenvalue weighted by molar-refractivity contribution is -0.126.